The first kappa shape index (κ1) is 67.5. The molecule has 1 fully saturated rings. The lowest BCUT2D eigenvalue weighted by atomic mass is 9.86. The van der Waals surface area contributed by atoms with Gasteiger partial charge in [0.25, 0.3) is 0 Å². The van der Waals surface area contributed by atoms with Gasteiger partial charge in [-0.15, -0.1) is 0 Å². The predicted octanol–water partition coefficient (Wildman–Crippen LogP) is 14.4. The van der Waals surface area contributed by atoms with Gasteiger partial charge >= 0.3 is 0 Å². The molecule has 1 aromatic carbocycles. The maximum atomic E-state index is 13.3. The van der Waals surface area contributed by atoms with Crippen LogP contribution in [0.5, 0.6) is 0 Å². The van der Waals surface area contributed by atoms with Crippen molar-refractivity contribution < 1.29 is 44.5 Å². The number of ether oxygens (including phenoxy) is 3. The molecular weight excluding hydrogens is 915 g/mol. The molecule has 1 saturated heterocycles. The van der Waals surface area contributed by atoms with Gasteiger partial charge in [-0.3, -0.25) is 4.79 Å². The Labute approximate surface area is 448 Å². The minimum Gasteiger partial charge on any atom is -0.394 e. The predicted molar refractivity (Wildman–Crippen MR) is 303 cm³/mol. The third-order valence-electron chi connectivity index (χ3n) is 15.5. The van der Waals surface area contributed by atoms with Crippen LogP contribution in [-0.2, 0) is 30.8 Å². The van der Waals surface area contributed by atoms with Gasteiger partial charge in [0.05, 0.1) is 25.4 Å². The van der Waals surface area contributed by atoms with Crippen LogP contribution in [-0.4, -0.2) is 100 Å². The number of aryl methyl sites for hydroxylation is 1. The lowest BCUT2D eigenvalue weighted by Gasteiger charge is -2.42. The molecule has 10 nitrogen and oxygen atoms in total. The molecule has 10 heteroatoms. The zero-order valence-electron chi connectivity index (χ0n) is 48.0. The second-order valence-corrected chi connectivity index (χ2v) is 23.4. The summed E-state index contributed by atoms with van der Waals surface area (Å²) in [6.45, 7) is 10.6. The van der Waals surface area contributed by atoms with Gasteiger partial charge < -0.3 is 45.1 Å². The molecule has 0 spiro atoms. The molecular formula is C63H117NO9. The van der Waals surface area contributed by atoms with Crippen molar-refractivity contribution in [2.45, 2.75) is 339 Å². The standard InChI is InChI=1S/C63H117NO9/c1-6-8-10-12-14-16-18-20-21-22-23-24-25-26-27-28-29-30-32-34-36-38-40-44-57(67)64-54(58(68)55(66)43-39-37-35-33-31-19-17-15-13-11-9-7-2)51-72-62-60(70)59(69)61(56(50-65)73-62)71-49-41-42-52-45-47-53(48-46-52)63(3,4)5/h45-48,54-56,58-62,65-66,68-70H,6-44,49-51H2,1-5H3,(H,64,67)/t54-,55+,56+,58-,59+,60+,61-,62-/m0/s1. The highest BCUT2D eigenvalue weighted by atomic mass is 16.7. The van der Waals surface area contributed by atoms with E-state index < -0.39 is 55.6 Å². The molecule has 0 aromatic heterocycles. The topological polar surface area (TPSA) is 158 Å². The summed E-state index contributed by atoms with van der Waals surface area (Å²) < 4.78 is 17.9. The quantitative estimate of drug-likeness (QED) is 0.0350. The number of rotatable bonds is 49. The number of unbranched alkanes of at least 4 members (excludes halogenated alkanes) is 33. The molecule has 1 aromatic rings. The van der Waals surface area contributed by atoms with Gasteiger partial charge in [-0.1, -0.05) is 277 Å². The van der Waals surface area contributed by atoms with E-state index in [9.17, 15) is 30.3 Å². The van der Waals surface area contributed by atoms with Gasteiger partial charge in [0.15, 0.2) is 6.29 Å². The summed E-state index contributed by atoms with van der Waals surface area (Å²) in [7, 11) is 0. The molecule has 428 valence electrons. The van der Waals surface area contributed by atoms with Crippen molar-refractivity contribution in [1.82, 2.24) is 5.32 Å². The number of carbonyl (C=O) groups is 1. The van der Waals surface area contributed by atoms with Crippen LogP contribution in [0.2, 0.25) is 0 Å². The second kappa shape index (κ2) is 44.4. The Morgan fingerprint density at radius 2 is 0.986 bits per heavy atom. The molecule has 0 bridgehead atoms. The van der Waals surface area contributed by atoms with Gasteiger partial charge in [0, 0.05) is 13.0 Å². The second-order valence-electron chi connectivity index (χ2n) is 23.4. The third-order valence-corrected chi connectivity index (χ3v) is 15.5. The number of hydrogen-bond donors (Lipinski definition) is 6. The first-order valence-corrected chi connectivity index (χ1v) is 31.0. The average Bonchev–Trinajstić information content (AvgIpc) is 3.38. The van der Waals surface area contributed by atoms with Crippen LogP contribution in [0.4, 0.5) is 0 Å². The Morgan fingerprint density at radius 3 is 1.40 bits per heavy atom. The van der Waals surface area contributed by atoms with Crippen molar-refractivity contribution in [3.8, 4) is 0 Å². The number of aliphatic hydroxyl groups is 5. The third kappa shape index (κ3) is 33.3. The van der Waals surface area contributed by atoms with E-state index in [1.165, 1.54) is 197 Å². The Bertz CT molecular complexity index is 1390. The summed E-state index contributed by atoms with van der Waals surface area (Å²) in [6.07, 6.45) is 38.0. The number of carbonyl (C=O) groups excluding carboxylic acids is 1. The molecule has 1 aliphatic rings. The zero-order valence-corrected chi connectivity index (χ0v) is 48.0. The molecule has 8 atom stereocenters. The van der Waals surface area contributed by atoms with E-state index in [0.29, 0.717) is 19.3 Å². The first-order chi connectivity index (χ1) is 35.4. The van der Waals surface area contributed by atoms with Crippen LogP contribution in [0.3, 0.4) is 0 Å². The van der Waals surface area contributed by atoms with Crippen molar-refractivity contribution in [2.75, 3.05) is 19.8 Å². The van der Waals surface area contributed by atoms with Crippen LogP contribution in [0, 0.1) is 0 Å². The van der Waals surface area contributed by atoms with E-state index in [1.54, 1.807) is 0 Å². The van der Waals surface area contributed by atoms with Crippen LogP contribution in [0.15, 0.2) is 24.3 Å². The smallest absolute Gasteiger partial charge is 0.220 e. The molecule has 1 aliphatic heterocycles. The van der Waals surface area contributed by atoms with Gasteiger partial charge in [-0.2, -0.15) is 0 Å². The fourth-order valence-electron chi connectivity index (χ4n) is 10.5. The summed E-state index contributed by atoms with van der Waals surface area (Å²) in [5, 5.41) is 58.1. The van der Waals surface area contributed by atoms with Gasteiger partial charge in [0.1, 0.15) is 30.5 Å². The largest absolute Gasteiger partial charge is 0.394 e. The minimum atomic E-state index is -1.51. The monoisotopic (exact) mass is 1030 g/mol. The van der Waals surface area contributed by atoms with Gasteiger partial charge in [0.2, 0.25) is 5.91 Å². The van der Waals surface area contributed by atoms with Crippen molar-refractivity contribution in [3.05, 3.63) is 35.4 Å². The van der Waals surface area contributed by atoms with E-state index in [1.807, 2.05) is 0 Å². The maximum absolute atomic E-state index is 13.3. The Kier molecular flexibility index (Phi) is 41.0. The highest BCUT2D eigenvalue weighted by molar-refractivity contribution is 5.76. The Hall–Kier alpha value is -1.63. The Balaban J connectivity index is 1.74. The fourth-order valence-corrected chi connectivity index (χ4v) is 10.5. The molecule has 1 amide bonds. The highest BCUT2D eigenvalue weighted by Crippen LogP contribution is 2.27. The summed E-state index contributed by atoms with van der Waals surface area (Å²) in [6, 6.07) is 7.56. The van der Waals surface area contributed by atoms with Crippen LogP contribution < -0.4 is 5.32 Å². The fraction of sp³-hybridized carbons (Fsp3) is 0.889. The molecule has 1 heterocycles. The van der Waals surface area contributed by atoms with E-state index in [0.717, 1.165) is 44.9 Å². The number of amides is 1. The minimum absolute atomic E-state index is 0.0755. The molecule has 0 radical (unpaired) electrons. The average molecular weight is 1030 g/mol. The molecule has 0 aliphatic carbocycles. The maximum Gasteiger partial charge on any atom is 0.220 e. The molecule has 0 unspecified atom stereocenters. The summed E-state index contributed by atoms with van der Waals surface area (Å²) in [4.78, 5) is 13.3. The van der Waals surface area contributed by atoms with E-state index >= 15 is 0 Å². The lowest BCUT2D eigenvalue weighted by molar-refractivity contribution is -0.309. The zero-order chi connectivity index (χ0) is 53.2. The van der Waals surface area contributed by atoms with Gasteiger partial charge in [-0.25, -0.2) is 0 Å². The SMILES string of the molecule is CCCCCCCCCCCCCCCCCCCCCCCCCC(=O)N[C@@H](CO[C@H]1O[C@H](CO)[C@H](OCCCc2ccc(C(C)(C)C)cc2)[C@H](O)[C@H]1O)[C@H](O)[C@H](O)CCCCCCCCCCCCCC. The molecule has 6 N–H and O–H groups in total. The lowest BCUT2D eigenvalue weighted by Crippen LogP contribution is -2.61. The van der Waals surface area contributed by atoms with Crippen LogP contribution in [0.1, 0.15) is 290 Å². The molecule has 73 heavy (non-hydrogen) atoms. The number of benzene rings is 1. The Morgan fingerprint density at radius 1 is 0.575 bits per heavy atom. The number of aliphatic hydroxyl groups excluding tert-OH is 5. The first-order valence-electron chi connectivity index (χ1n) is 31.0. The highest BCUT2D eigenvalue weighted by Gasteiger charge is 2.46. The number of hydrogen-bond acceptors (Lipinski definition) is 9. The van der Waals surface area contributed by atoms with Crippen molar-refractivity contribution in [1.29, 1.82) is 0 Å². The van der Waals surface area contributed by atoms with Crippen molar-refractivity contribution >= 4 is 5.91 Å². The van der Waals surface area contributed by atoms with E-state index in [4.69, 9.17) is 14.2 Å². The normalized spacial score (nSPS) is 19.6. The van der Waals surface area contributed by atoms with E-state index in [-0.39, 0.29) is 24.5 Å². The van der Waals surface area contributed by atoms with Crippen LogP contribution in [0.25, 0.3) is 0 Å². The van der Waals surface area contributed by atoms with Crippen molar-refractivity contribution in [2.24, 2.45) is 0 Å². The van der Waals surface area contributed by atoms with Gasteiger partial charge in [-0.05, 0) is 42.2 Å². The number of nitrogens with one attached hydrogen (secondary N) is 1. The summed E-state index contributed by atoms with van der Waals surface area (Å²) in [5.74, 6) is -0.231. The summed E-state index contributed by atoms with van der Waals surface area (Å²) in [5.41, 5.74) is 2.52. The summed E-state index contributed by atoms with van der Waals surface area (Å²) >= 11 is 0. The van der Waals surface area contributed by atoms with Crippen molar-refractivity contribution in [3.63, 3.8) is 0 Å². The van der Waals surface area contributed by atoms with Crippen LogP contribution >= 0.6 is 0 Å². The molecule has 0 saturated carbocycles. The van der Waals surface area contributed by atoms with E-state index in [2.05, 4.69) is 64.2 Å². The molecule has 2 rings (SSSR count).